The van der Waals surface area contributed by atoms with Crippen LogP contribution in [0, 0.1) is 0 Å². The molecule has 0 aromatic carbocycles. The van der Waals surface area contributed by atoms with E-state index in [1.807, 2.05) is 0 Å². The Morgan fingerprint density at radius 1 is 1.24 bits per heavy atom. The van der Waals surface area contributed by atoms with Crippen LogP contribution in [0.1, 0.15) is 13.8 Å². The molecule has 2 amide bonds. The van der Waals surface area contributed by atoms with Gasteiger partial charge in [-0.1, -0.05) is 12.2 Å². The predicted molar refractivity (Wildman–Crippen MR) is 66.8 cm³/mol. The van der Waals surface area contributed by atoms with Gasteiger partial charge in [-0.2, -0.15) is 0 Å². The summed E-state index contributed by atoms with van der Waals surface area (Å²) in [6.45, 7) is 11.1. The molecular formula is C12H20N2O3. The molecule has 1 N–H and O–H groups in total. The molecule has 0 atom stereocenters. The van der Waals surface area contributed by atoms with Crippen molar-refractivity contribution in [1.82, 2.24) is 9.80 Å². The van der Waals surface area contributed by atoms with E-state index in [2.05, 4.69) is 13.2 Å². The van der Waals surface area contributed by atoms with E-state index in [4.69, 9.17) is 5.11 Å². The fraction of sp³-hybridized carbons (Fsp3) is 0.500. The van der Waals surface area contributed by atoms with Gasteiger partial charge in [-0.25, -0.2) is 4.79 Å². The standard InChI is InChI=1S/C12H20N2O3/c1-5-7-13(8-6-2)12(17)14(10(3)4)9-11(15)16/h5-6,10H,1-2,7-9H2,3-4H3,(H,15,16). The first-order valence-corrected chi connectivity index (χ1v) is 5.43. The fourth-order valence-corrected chi connectivity index (χ4v) is 1.34. The molecule has 5 heteroatoms. The Hall–Kier alpha value is -1.78. The van der Waals surface area contributed by atoms with Crippen molar-refractivity contribution in [2.45, 2.75) is 19.9 Å². The molecular weight excluding hydrogens is 220 g/mol. The highest BCUT2D eigenvalue weighted by atomic mass is 16.4. The number of rotatable bonds is 7. The predicted octanol–water partition coefficient (Wildman–Crippen LogP) is 1.58. The third-order valence-corrected chi connectivity index (χ3v) is 2.14. The van der Waals surface area contributed by atoms with E-state index in [-0.39, 0.29) is 18.6 Å². The monoisotopic (exact) mass is 240 g/mol. The Labute approximate surface area is 102 Å². The number of urea groups is 1. The summed E-state index contributed by atoms with van der Waals surface area (Å²) in [5.41, 5.74) is 0. The average Bonchev–Trinajstić information content (AvgIpc) is 2.24. The Morgan fingerprint density at radius 3 is 2.00 bits per heavy atom. The molecule has 0 saturated carbocycles. The highest BCUT2D eigenvalue weighted by molar-refractivity contribution is 5.80. The summed E-state index contributed by atoms with van der Waals surface area (Å²) in [6.07, 6.45) is 3.20. The number of carboxylic acid groups (broad SMARTS) is 1. The van der Waals surface area contributed by atoms with Gasteiger partial charge in [-0.15, -0.1) is 13.2 Å². The van der Waals surface area contributed by atoms with Crippen molar-refractivity contribution in [1.29, 1.82) is 0 Å². The number of carbonyl (C=O) groups excluding carboxylic acids is 1. The third-order valence-electron chi connectivity index (χ3n) is 2.14. The summed E-state index contributed by atoms with van der Waals surface area (Å²) in [7, 11) is 0. The molecule has 0 aromatic heterocycles. The van der Waals surface area contributed by atoms with Gasteiger partial charge in [-0.3, -0.25) is 4.79 Å². The topological polar surface area (TPSA) is 60.9 Å². The van der Waals surface area contributed by atoms with Crippen LogP contribution in [0.2, 0.25) is 0 Å². The lowest BCUT2D eigenvalue weighted by atomic mass is 10.3. The molecule has 0 aromatic rings. The average molecular weight is 240 g/mol. The maximum Gasteiger partial charge on any atom is 0.323 e. The number of carboxylic acids is 1. The molecule has 0 spiro atoms. The van der Waals surface area contributed by atoms with Crippen LogP contribution < -0.4 is 0 Å². The molecule has 96 valence electrons. The summed E-state index contributed by atoms with van der Waals surface area (Å²) in [5, 5.41) is 8.77. The molecule has 0 rings (SSSR count). The van der Waals surface area contributed by atoms with E-state index in [9.17, 15) is 9.59 Å². The van der Waals surface area contributed by atoms with Crippen LogP contribution in [-0.4, -0.2) is 52.6 Å². The van der Waals surface area contributed by atoms with Crippen molar-refractivity contribution in [2.75, 3.05) is 19.6 Å². The van der Waals surface area contributed by atoms with Gasteiger partial charge in [0.1, 0.15) is 6.54 Å². The van der Waals surface area contributed by atoms with Crippen molar-refractivity contribution < 1.29 is 14.7 Å². The fourth-order valence-electron chi connectivity index (χ4n) is 1.34. The van der Waals surface area contributed by atoms with Crippen molar-refractivity contribution in [3.63, 3.8) is 0 Å². The summed E-state index contributed by atoms with van der Waals surface area (Å²) < 4.78 is 0. The molecule has 17 heavy (non-hydrogen) atoms. The maximum atomic E-state index is 12.1. The molecule has 0 unspecified atom stereocenters. The zero-order valence-electron chi connectivity index (χ0n) is 10.4. The second-order valence-corrected chi connectivity index (χ2v) is 3.88. The lowest BCUT2D eigenvalue weighted by Crippen LogP contribution is -2.48. The minimum Gasteiger partial charge on any atom is -0.480 e. The Morgan fingerprint density at radius 2 is 1.71 bits per heavy atom. The second-order valence-electron chi connectivity index (χ2n) is 3.88. The lowest BCUT2D eigenvalue weighted by Gasteiger charge is -2.31. The Kier molecular flexibility index (Phi) is 6.70. The number of amides is 2. The largest absolute Gasteiger partial charge is 0.480 e. The number of aliphatic carboxylic acids is 1. The first-order valence-electron chi connectivity index (χ1n) is 5.43. The van der Waals surface area contributed by atoms with Gasteiger partial charge in [0.15, 0.2) is 0 Å². The van der Waals surface area contributed by atoms with Gasteiger partial charge < -0.3 is 14.9 Å². The minimum absolute atomic E-state index is 0.171. The van der Waals surface area contributed by atoms with Crippen LogP contribution in [0.3, 0.4) is 0 Å². The number of carbonyl (C=O) groups is 2. The van der Waals surface area contributed by atoms with Crippen molar-refractivity contribution in [3.8, 4) is 0 Å². The summed E-state index contributed by atoms with van der Waals surface area (Å²) in [4.78, 5) is 25.6. The van der Waals surface area contributed by atoms with Crippen molar-refractivity contribution >= 4 is 12.0 Å². The van der Waals surface area contributed by atoms with Gasteiger partial charge in [-0.05, 0) is 13.8 Å². The Bertz CT molecular complexity index is 290. The lowest BCUT2D eigenvalue weighted by molar-refractivity contribution is -0.138. The van der Waals surface area contributed by atoms with Crippen LogP contribution in [0.4, 0.5) is 4.79 Å². The van der Waals surface area contributed by atoms with Crippen molar-refractivity contribution in [2.24, 2.45) is 0 Å². The quantitative estimate of drug-likeness (QED) is 0.687. The second kappa shape index (κ2) is 7.49. The number of nitrogens with zero attached hydrogens (tertiary/aromatic N) is 2. The normalized spacial score (nSPS) is 9.82. The molecule has 0 heterocycles. The van der Waals surface area contributed by atoms with Gasteiger partial charge in [0, 0.05) is 19.1 Å². The molecule has 0 aliphatic heterocycles. The third kappa shape index (κ3) is 5.19. The van der Waals surface area contributed by atoms with Crippen molar-refractivity contribution in [3.05, 3.63) is 25.3 Å². The zero-order valence-corrected chi connectivity index (χ0v) is 10.4. The van der Waals surface area contributed by atoms with Crippen LogP contribution >= 0.6 is 0 Å². The van der Waals surface area contributed by atoms with Gasteiger partial charge in [0.05, 0.1) is 0 Å². The first kappa shape index (κ1) is 15.2. The number of hydrogen-bond donors (Lipinski definition) is 1. The number of hydrogen-bond acceptors (Lipinski definition) is 2. The van der Waals surface area contributed by atoms with Crippen LogP contribution in [-0.2, 0) is 4.79 Å². The highest BCUT2D eigenvalue weighted by Crippen LogP contribution is 2.05. The van der Waals surface area contributed by atoms with Crippen LogP contribution in [0.25, 0.3) is 0 Å². The zero-order chi connectivity index (χ0) is 13.4. The van der Waals surface area contributed by atoms with E-state index in [1.165, 1.54) is 9.80 Å². The summed E-state index contributed by atoms with van der Waals surface area (Å²) in [6, 6.07) is -0.488. The molecule has 0 aliphatic carbocycles. The molecule has 5 nitrogen and oxygen atoms in total. The van der Waals surface area contributed by atoms with Gasteiger partial charge in [0.2, 0.25) is 0 Å². The SMILES string of the molecule is C=CCN(CC=C)C(=O)N(CC(=O)O)C(C)C. The maximum absolute atomic E-state index is 12.1. The highest BCUT2D eigenvalue weighted by Gasteiger charge is 2.23. The van der Waals surface area contributed by atoms with Gasteiger partial charge >= 0.3 is 12.0 Å². The first-order chi connectivity index (χ1) is 7.93. The summed E-state index contributed by atoms with van der Waals surface area (Å²) >= 11 is 0. The molecule has 0 aliphatic rings. The molecule has 0 radical (unpaired) electrons. The molecule has 0 saturated heterocycles. The molecule has 0 fully saturated rings. The van der Waals surface area contributed by atoms with E-state index < -0.39 is 5.97 Å². The van der Waals surface area contributed by atoms with E-state index >= 15 is 0 Å². The van der Waals surface area contributed by atoms with E-state index in [1.54, 1.807) is 26.0 Å². The smallest absolute Gasteiger partial charge is 0.323 e. The van der Waals surface area contributed by atoms with E-state index in [0.29, 0.717) is 13.1 Å². The van der Waals surface area contributed by atoms with Crippen LogP contribution in [0.15, 0.2) is 25.3 Å². The molecule has 0 bridgehead atoms. The summed E-state index contributed by atoms with van der Waals surface area (Å²) in [5.74, 6) is -1.02. The Balaban J connectivity index is 4.81. The van der Waals surface area contributed by atoms with Crippen LogP contribution in [0.5, 0.6) is 0 Å². The minimum atomic E-state index is -1.02. The van der Waals surface area contributed by atoms with Gasteiger partial charge in [0.25, 0.3) is 0 Å². The van der Waals surface area contributed by atoms with E-state index in [0.717, 1.165) is 0 Å².